The van der Waals surface area contributed by atoms with Gasteiger partial charge in [-0.3, -0.25) is 4.72 Å². The molecule has 4 nitrogen and oxygen atoms in total. The van der Waals surface area contributed by atoms with Gasteiger partial charge in [-0.25, -0.2) is 8.42 Å². The molecule has 5 heteroatoms. The molecular weight excluding hydrogens is 284 g/mol. The van der Waals surface area contributed by atoms with Gasteiger partial charge in [-0.1, -0.05) is 50.3 Å². The lowest BCUT2D eigenvalue weighted by Crippen LogP contribution is -2.28. The van der Waals surface area contributed by atoms with Gasteiger partial charge in [0, 0.05) is 12.6 Å². The Balaban J connectivity index is 1.84. The van der Waals surface area contributed by atoms with Crippen LogP contribution in [0.3, 0.4) is 0 Å². The zero-order valence-corrected chi connectivity index (χ0v) is 13.6. The summed E-state index contributed by atoms with van der Waals surface area (Å²) in [7, 11) is -2.61. The number of thiol groups is 1. The highest BCUT2D eigenvalue weighted by Gasteiger charge is 2.16. The van der Waals surface area contributed by atoms with E-state index in [1.165, 1.54) is 38.5 Å². The number of hydrogen-bond donors (Lipinski definition) is 3. The molecule has 0 spiro atoms. The van der Waals surface area contributed by atoms with Crippen LogP contribution in [-0.2, 0) is 17.4 Å². The predicted octanol–water partition coefficient (Wildman–Crippen LogP) is 3.07. The van der Waals surface area contributed by atoms with Crippen LogP contribution in [0.2, 0.25) is 0 Å². The summed E-state index contributed by atoms with van der Waals surface area (Å²) in [4.78, 5) is 0. The van der Waals surface area contributed by atoms with Crippen molar-refractivity contribution in [1.82, 2.24) is 5.32 Å². The summed E-state index contributed by atoms with van der Waals surface area (Å²) in [5.41, 5.74) is 1.66. The van der Waals surface area contributed by atoms with Gasteiger partial charge >= 0.3 is 0 Å². The fourth-order valence-electron chi connectivity index (χ4n) is 3.17. The van der Waals surface area contributed by atoms with E-state index in [4.69, 9.17) is 0 Å². The number of nitrogens with one attached hydrogen (secondary N) is 2. The maximum absolute atomic E-state index is 10.8. The van der Waals surface area contributed by atoms with Crippen molar-refractivity contribution in [2.75, 3.05) is 4.72 Å². The number of anilines is 1. The van der Waals surface area contributed by atoms with E-state index in [0.29, 0.717) is 18.3 Å². The lowest BCUT2D eigenvalue weighted by molar-refractivity contribution is 0.305. The Morgan fingerprint density at radius 2 is 1.90 bits per heavy atom. The van der Waals surface area contributed by atoms with Crippen LogP contribution >= 0.6 is 0 Å². The number of hydrogen-bond acceptors (Lipinski definition) is 3. The molecule has 0 amide bonds. The van der Waals surface area contributed by atoms with Crippen LogP contribution in [0.4, 0.5) is 5.69 Å². The van der Waals surface area contributed by atoms with E-state index in [9.17, 15) is 8.42 Å². The maximum atomic E-state index is 10.8. The Labute approximate surface area is 129 Å². The molecule has 1 aliphatic carbocycles. The lowest BCUT2D eigenvalue weighted by atomic mass is 9.85. The quantitative estimate of drug-likeness (QED) is 0.678. The van der Waals surface area contributed by atoms with Crippen LogP contribution in [-0.4, -0.2) is 14.5 Å². The molecule has 0 aromatic heterocycles. The molecule has 0 bridgehead atoms. The monoisotopic (exact) mass is 310 g/mol. The third-order valence-corrected chi connectivity index (χ3v) is 4.71. The Morgan fingerprint density at radius 1 is 1.19 bits per heavy atom. The Kier molecular flexibility index (Phi) is 6.51. The predicted molar refractivity (Wildman–Crippen MR) is 87.9 cm³/mol. The maximum Gasteiger partial charge on any atom is 0.222 e. The van der Waals surface area contributed by atoms with E-state index >= 15 is 0 Å². The first kappa shape index (κ1) is 16.3. The minimum atomic E-state index is -2.61. The molecule has 0 heterocycles. The number of rotatable bonds is 7. The van der Waals surface area contributed by atoms with Crippen molar-refractivity contribution < 1.29 is 8.42 Å². The summed E-state index contributed by atoms with van der Waals surface area (Å²) >= 11 is 0. The molecule has 21 heavy (non-hydrogen) atoms. The van der Waals surface area contributed by atoms with Crippen LogP contribution in [0.1, 0.15) is 51.0 Å². The highest BCUT2D eigenvalue weighted by molar-refractivity contribution is 7.73. The van der Waals surface area contributed by atoms with Crippen LogP contribution in [0, 0.1) is 5.92 Å². The first-order chi connectivity index (χ1) is 10.1. The minimum absolute atomic E-state index is 0.460. The fourth-order valence-corrected chi connectivity index (χ4v) is 3.59. The van der Waals surface area contributed by atoms with Gasteiger partial charge in [0.05, 0.1) is 5.69 Å². The molecule has 1 aromatic carbocycles. The first-order valence-electron chi connectivity index (χ1n) is 7.87. The molecule has 1 fully saturated rings. The highest BCUT2D eigenvalue weighted by Crippen LogP contribution is 2.27. The third-order valence-electron chi connectivity index (χ3n) is 4.28. The minimum Gasteiger partial charge on any atom is -0.310 e. The van der Waals surface area contributed by atoms with Crippen molar-refractivity contribution in [3.05, 3.63) is 29.8 Å². The second kappa shape index (κ2) is 8.39. The molecule has 1 aliphatic rings. The summed E-state index contributed by atoms with van der Waals surface area (Å²) in [5, 5.41) is 3.52. The third kappa shape index (κ3) is 5.67. The summed E-state index contributed by atoms with van der Waals surface area (Å²) in [6.45, 7) is 2.92. The number of para-hydroxylation sites is 1. The number of benzene rings is 1. The lowest BCUT2D eigenvalue weighted by Gasteiger charge is -2.25. The summed E-state index contributed by atoms with van der Waals surface area (Å²) < 4.78 is 24.1. The van der Waals surface area contributed by atoms with E-state index in [1.807, 2.05) is 18.2 Å². The van der Waals surface area contributed by atoms with Gasteiger partial charge in [-0.15, -0.1) is 0 Å². The average Bonchev–Trinajstić information content (AvgIpc) is 2.47. The standard InChI is InChI=1S/C16H26N2O2S/c1-13(11-14-7-3-2-4-8-14)17-12-15-9-5-6-10-16(15)18-21(19)20/h5-6,9-10,13-14,17,21H,2-4,7-8,11-12H2,1H3,(H,18,19,20)/t13-/m0/s1. The first-order valence-corrected chi connectivity index (χ1v) is 9.05. The van der Waals surface area contributed by atoms with Crippen LogP contribution in [0.15, 0.2) is 24.3 Å². The molecule has 0 saturated heterocycles. The van der Waals surface area contributed by atoms with Crippen LogP contribution in [0.5, 0.6) is 0 Å². The van der Waals surface area contributed by atoms with Crippen LogP contribution in [0.25, 0.3) is 0 Å². The van der Waals surface area contributed by atoms with Gasteiger partial charge in [0.2, 0.25) is 10.9 Å². The molecule has 1 aromatic rings. The Hall–Kier alpha value is -1.07. The normalized spacial score (nSPS) is 17.8. The molecule has 1 atom stereocenters. The van der Waals surface area contributed by atoms with E-state index < -0.39 is 10.9 Å². The van der Waals surface area contributed by atoms with E-state index in [0.717, 1.165) is 11.5 Å². The van der Waals surface area contributed by atoms with Gasteiger partial charge in [-0.05, 0) is 30.9 Å². The molecule has 0 aliphatic heterocycles. The zero-order chi connectivity index (χ0) is 15.1. The summed E-state index contributed by atoms with van der Waals surface area (Å²) in [6, 6.07) is 8.00. The Bertz CT molecular complexity index is 503. The molecule has 2 rings (SSSR count). The molecule has 118 valence electrons. The van der Waals surface area contributed by atoms with Crippen molar-refractivity contribution in [3.63, 3.8) is 0 Å². The second-order valence-electron chi connectivity index (χ2n) is 6.05. The second-order valence-corrected chi connectivity index (χ2v) is 6.79. The van der Waals surface area contributed by atoms with Gasteiger partial charge in [0.15, 0.2) is 0 Å². The largest absolute Gasteiger partial charge is 0.310 e. The van der Waals surface area contributed by atoms with Crippen molar-refractivity contribution in [2.45, 2.75) is 58.0 Å². The average molecular weight is 310 g/mol. The van der Waals surface area contributed by atoms with E-state index in [2.05, 4.69) is 17.0 Å². The van der Waals surface area contributed by atoms with Crippen molar-refractivity contribution in [2.24, 2.45) is 5.92 Å². The molecule has 1 saturated carbocycles. The molecular formula is C16H26N2O2S. The molecule has 0 radical (unpaired) electrons. The van der Waals surface area contributed by atoms with Gasteiger partial charge < -0.3 is 5.32 Å². The molecule has 0 unspecified atom stereocenters. The SMILES string of the molecule is C[C@@H](CC1CCCCC1)NCc1ccccc1N[SH](=O)=O. The van der Waals surface area contributed by atoms with Crippen molar-refractivity contribution in [3.8, 4) is 0 Å². The summed E-state index contributed by atoms with van der Waals surface area (Å²) in [6.07, 6.45) is 8.08. The highest BCUT2D eigenvalue weighted by atomic mass is 32.2. The summed E-state index contributed by atoms with van der Waals surface area (Å²) in [5.74, 6) is 0.853. The smallest absolute Gasteiger partial charge is 0.222 e. The van der Waals surface area contributed by atoms with Gasteiger partial charge in [0.1, 0.15) is 0 Å². The molecule has 2 N–H and O–H groups in total. The Morgan fingerprint density at radius 3 is 2.62 bits per heavy atom. The van der Waals surface area contributed by atoms with E-state index in [1.54, 1.807) is 6.07 Å². The van der Waals surface area contributed by atoms with Crippen molar-refractivity contribution in [1.29, 1.82) is 0 Å². The van der Waals surface area contributed by atoms with Gasteiger partial charge in [-0.2, -0.15) is 0 Å². The van der Waals surface area contributed by atoms with Crippen molar-refractivity contribution >= 4 is 16.6 Å². The van der Waals surface area contributed by atoms with Gasteiger partial charge in [0.25, 0.3) is 0 Å². The zero-order valence-electron chi connectivity index (χ0n) is 12.7. The fraction of sp³-hybridized carbons (Fsp3) is 0.625. The van der Waals surface area contributed by atoms with E-state index in [-0.39, 0.29) is 0 Å². The van der Waals surface area contributed by atoms with Crippen LogP contribution < -0.4 is 10.0 Å². The topological polar surface area (TPSA) is 58.2 Å².